The number of esters is 1. The van der Waals surface area contributed by atoms with Crippen molar-refractivity contribution in [3.05, 3.63) is 58.6 Å². The van der Waals surface area contributed by atoms with Crippen LogP contribution < -0.4 is 5.32 Å². The number of hydrogen-bond acceptors (Lipinski definition) is 5. The molecule has 2 aromatic carbocycles. The number of ether oxygens (including phenoxy) is 1. The van der Waals surface area contributed by atoms with Crippen molar-refractivity contribution in [2.45, 2.75) is 23.1 Å². The van der Waals surface area contributed by atoms with Crippen LogP contribution in [-0.2, 0) is 25.7 Å². The number of rotatable bonds is 6. The third-order valence-electron chi connectivity index (χ3n) is 4.21. The number of halogens is 1. The Morgan fingerprint density at radius 3 is 2.68 bits per heavy atom. The molecule has 1 heterocycles. The molecular formula is C20H19BrN2O4S. The zero-order valence-electron chi connectivity index (χ0n) is 15.2. The summed E-state index contributed by atoms with van der Waals surface area (Å²) in [6.07, 6.45) is -0.0912. The van der Waals surface area contributed by atoms with E-state index in [1.54, 1.807) is 7.05 Å². The average molecular weight is 463 g/mol. The molecule has 0 radical (unpaired) electrons. The van der Waals surface area contributed by atoms with Crippen LogP contribution in [0.4, 0.5) is 5.69 Å². The summed E-state index contributed by atoms with van der Waals surface area (Å²) < 4.78 is 6.01. The Morgan fingerprint density at radius 2 is 1.89 bits per heavy atom. The van der Waals surface area contributed by atoms with Gasteiger partial charge in [0.1, 0.15) is 0 Å². The number of amides is 2. The van der Waals surface area contributed by atoms with Gasteiger partial charge in [0, 0.05) is 23.0 Å². The van der Waals surface area contributed by atoms with Crippen molar-refractivity contribution >= 4 is 51.2 Å². The molecule has 1 aliphatic heterocycles. The largest absolute Gasteiger partial charge is 0.456 e. The van der Waals surface area contributed by atoms with Gasteiger partial charge in [-0.25, -0.2) is 0 Å². The monoisotopic (exact) mass is 462 g/mol. The van der Waals surface area contributed by atoms with Gasteiger partial charge in [0.2, 0.25) is 5.91 Å². The zero-order chi connectivity index (χ0) is 20.1. The maximum Gasteiger partial charge on any atom is 0.307 e. The van der Waals surface area contributed by atoms with Crippen molar-refractivity contribution < 1.29 is 19.1 Å². The number of nitrogens with one attached hydrogen (secondary N) is 1. The molecule has 1 unspecified atom stereocenters. The highest BCUT2D eigenvalue weighted by Crippen LogP contribution is 2.36. The fourth-order valence-corrected chi connectivity index (χ4v) is 4.17. The molecule has 0 aromatic heterocycles. The van der Waals surface area contributed by atoms with Crippen LogP contribution in [0, 0.1) is 0 Å². The molecule has 2 amide bonds. The van der Waals surface area contributed by atoms with Gasteiger partial charge in [-0.2, -0.15) is 0 Å². The molecule has 0 spiro atoms. The number of para-hydroxylation sites is 1. The molecule has 8 heteroatoms. The molecule has 146 valence electrons. The lowest BCUT2D eigenvalue weighted by atomic mass is 10.2. The standard InChI is InChI=1S/C20H19BrN2O4S/c1-23(11-13-6-2-3-7-14(13)21)18(24)12-27-19(25)10-17-20(26)22-15-8-4-5-9-16(15)28-17/h2-9,17H,10-12H2,1H3,(H,22,26). The Kier molecular flexibility index (Phi) is 6.74. The van der Waals surface area contributed by atoms with Crippen molar-refractivity contribution in [1.82, 2.24) is 4.90 Å². The third-order valence-corrected chi connectivity index (χ3v) is 6.26. The van der Waals surface area contributed by atoms with Crippen molar-refractivity contribution in [3.63, 3.8) is 0 Å². The Balaban J connectivity index is 1.48. The number of hydrogen-bond donors (Lipinski definition) is 1. The van der Waals surface area contributed by atoms with E-state index in [4.69, 9.17) is 4.74 Å². The highest BCUT2D eigenvalue weighted by Gasteiger charge is 2.29. The maximum absolute atomic E-state index is 12.2. The summed E-state index contributed by atoms with van der Waals surface area (Å²) in [5.41, 5.74) is 1.70. The number of nitrogens with zero attached hydrogens (tertiary/aromatic N) is 1. The Labute approximate surface area is 175 Å². The smallest absolute Gasteiger partial charge is 0.307 e. The number of fused-ring (bicyclic) bond motifs is 1. The molecule has 6 nitrogen and oxygen atoms in total. The Morgan fingerprint density at radius 1 is 1.18 bits per heavy atom. The SMILES string of the molecule is CN(Cc1ccccc1Br)C(=O)COC(=O)CC1Sc2ccccc2NC1=O. The van der Waals surface area contributed by atoms with E-state index in [0.29, 0.717) is 6.54 Å². The fourth-order valence-electron chi connectivity index (χ4n) is 2.66. The van der Waals surface area contributed by atoms with Gasteiger partial charge < -0.3 is 15.0 Å². The number of benzene rings is 2. The molecule has 0 saturated heterocycles. The van der Waals surface area contributed by atoms with E-state index >= 15 is 0 Å². The summed E-state index contributed by atoms with van der Waals surface area (Å²) in [5.74, 6) is -1.12. The van der Waals surface area contributed by atoms with Crippen LogP contribution in [0.15, 0.2) is 57.9 Å². The van der Waals surface area contributed by atoms with E-state index in [-0.39, 0.29) is 24.8 Å². The first kappa shape index (κ1) is 20.4. The lowest BCUT2D eigenvalue weighted by Crippen LogP contribution is -2.33. The van der Waals surface area contributed by atoms with Gasteiger partial charge >= 0.3 is 5.97 Å². The second-order valence-corrected chi connectivity index (χ2v) is 8.40. The molecule has 0 fully saturated rings. The van der Waals surface area contributed by atoms with Gasteiger partial charge in [-0.3, -0.25) is 14.4 Å². The minimum atomic E-state index is -0.574. The lowest BCUT2D eigenvalue weighted by molar-refractivity contribution is -0.152. The predicted molar refractivity (Wildman–Crippen MR) is 111 cm³/mol. The molecule has 0 aliphatic carbocycles. The quantitative estimate of drug-likeness (QED) is 0.665. The third kappa shape index (κ3) is 5.14. The van der Waals surface area contributed by atoms with E-state index < -0.39 is 11.2 Å². The predicted octanol–water partition coefficient (Wildman–Crippen LogP) is 3.45. The summed E-state index contributed by atoms with van der Waals surface area (Å²) in [6.45, 7) is 0.0465. The van der Waals surface area contributed by atoms with Crippen molar-refractivity contribution in [3.8, 4) is 0 Å². The summed E-state index contributed by atoms with van der Waals surface area (Å²) in [4.78, 5) is 38.9. The zero-order valence-corrected chi connectivity index (χ0v) is 17.6. The molecule has 28 heavy (non-hydrogen) atoms. The number of thioether (sulfide) groups is 1. The maximum atomic E-state index is 12.2. The van der Waals surface area contributed by atoms with Gasteiger partial charge in [0.05, 0.1) is 17.4 Å². The molecular weight excluding hydrogens is 444 g/mol. The minimum absolute atomic E-state index is 0.0912. The number of anilines is 1. The summed E-state index contributed by atoms with van der Waals surface area (Å²) in [7, 11) is 1.65. The van der Waals surface area contributed by atoms with Crippen LogP contribution in [0.3, 0.4) is 0 Å². The van der Waals surface area contributed by atoms with E-state index in [0.717, 1.165) is 20.6 Å². The van der Waals surface area contributed by atoms with E-state index in [1.807, 2.05) is 48.5 Å². The Hall–Kier alpha value is -2.32. The van der Waals surface area contributed by atoms with Crippen LogP contribution in [0.5, 0.6) is 0 Å². The molecule has 0 bridgehead atoms. The van der Waals surface area contributed by atoms with Crippen molar-refractivity contribution in [1.29, 1.82) is 0 Å². The Bertz CT molecular complexity index is 905. The van der Waals surface area contributed by atoms with E-state index in [2.05, 4.69) is 21.2 Å². The summed E-state index contributed by atoms with van der Waals surface area (Å²) >= 11 is 4.77. The first-order valence-corrected chi connectivity index (χ1v) is 10.3. The highest BCUT2D eigenvalue weighted by molar-refractivity contribution is 9.10. The molecule has 3 rings (SSSR count). The normalized spacial score (nSPS) is 15.4. The van der Waals surface area contributed by atoms with Crippen LogP contribution in [0.2, 0.25) is 0 Å². The van der Waals surface area contributed by atoms with Crippen LogP contribution in [0.1, 0.15) is 12.0 Å². The van der Waals surface area contributed by atoms with Crippen molar-refractivity contribution in [2.24, 2.45) is 0 Å². The first-order chi connectivity index (χ1) is 13.4. The fraction of sp³-hybridized carbons (Fsp3) is 0.250. The summed E-state index contributed by atoms with van der Waals surface area (Å²) in [6, 6.07) is 15.0. The van der Waals surface area contributed by atoms with Gasteiger partial charge in [-0.15, -0.1) is 11.8 Å². The van der Waals surface area contributed by atoms with Crippen LogP contribution in [-0.4, -0.2) is 41.6 Å². The van der Waals surface area contributed by atoms with Gasteiger partial charge in [-0.1, -0.05) is 46.3 Å². The number of carbonyl (C=O) groups is 3. The molecule has 0 saturated carbocycles. The van der Waals surface area contributed by atoms with Crippen molar-refractivity contribution in [2.75, 3.05) is 19.0 Å². The number of likely N-dealkylation sites (N-methyl/N-ethyl adjacent to an activating group) is 1. The lowest BCUT2D eigenvalue weighted by Gasteiger charge is -2.23. The highest BCUT2D eigenvalue weighted by atomic mass is 79.9. The molecule has 1 N–H and O–H groups in total. The second kappa shape index (κ2) is 9.25. The number of carbonyl (C=O) groups excluding carboxylic acids is 3. The van der Waals surface area contributed by atoms with Gasteiger partial charge in [0.15, 0.2) is 6.61 Å². The van der Waals surface area contributed by atoms with Gasteiger partial charge in [-0.05, 0) is 23.8 Å². The topological polar surface area (TPSA) is 75.7 Å². The molecule has 1 aliphatic rings. The minimum Gasteiger partial charge on any atom is -0.456 e. The molecule has 1 atom stereocenters. The first-order valence-electron chi connectivity index (χ1n) is 8.63. The summed E-state index contributed by atoms with van der Waals surface area (Å²) in [5, 5.41) is 2.21. The van der Waals surface area contributed by atoms with Crippen LogP contribution >= 0.6 is 27.7 Å². The van der Waals surface area contributed by atoms with Crippen LogP contribution in [0.25, 0.3) is 0 Å². The van der Waals surface area contributed by atoms with Gasteiger partial charge in [0.25, 0.3) is 5.91 Å². The molecule has 2 aromatic rings. The van der Waals surface area contributed by atoms with E-state index in [9.17, 15) is 14.4 Å². The average Bonchev–Trinajstić information content (AvgIpc) is 2.68. The second-order valence-electron chi connectivity index (χ2n) is 6.30. The van der Waals surface area contributed by atoms with E-state index in [1.165, 1.54) is 16.7 Å².